The fourth-order valence-corrected chi connectivity index (χ4v) is 2.19. The van der Waals surface area contributed by atoms with Gasteiger partial charge in [-0.25, -0.2) is 0 Å². The van der Waals surface area contributed by atoms with Crippen molar-refractivity contribution in [2.24, 2.45) is 0 Å². The minimum absolute atomic E-state index is 0.0399. The first kappa shape index (κ1) is 11.5. The van der Waals surface area contributed by atoms with Gasteiger partial charge in [0, 0.05) is 6.07 Å². The molecule has 5 nitrogen and oxygen atoms in total. The normalized spacial score (nSPS) is 16.9. The Balaban J connectivity index is 1.97. The van der Waals surface area contributed by atoms with Crippen LogP contribution in [0.15, 0.2) is 48.5 Å². The molecule has 1 aliphatic rings. The minimum atomic E-state index is -0.400. The van der Waals surface area contributed by atoms with Gasteiger partial charge in [-0.05, 0) is 11.6 Å². The molecule has 1 atom stereocenters. The molecule has 0 saturated heterocycles. The molecular weight excluding hydrogens is 244 g/mol. The van der Waals surface area contributed by atoms with Crippen LogP contribution in [0.25, 0.3) is 0 Å². The number of benzene rings is 2. The van der Waals surface area contributed by atoms with Crippen molar-refractivity contribution in [3.63, 3.8) is 0 Å². The van der Waals surface area contributed by atoms with Crippen LogP contribution in [0.3, 0.4) is 0 Å². The average Bonchev–Trinajstić information content (AvgIpc) is 2.47. The lowest BCUT2D eigenvalue weighted by molar-refractivity contribution is -0.384. The molecule has 2 aromatic rings. The van der Waals surface area contributed by atoms with Gasteiger partial charge in [-0.15, -0.1) is 0 Å². The van der Waals surface area contributed by atoms with E-state index in [1.165, 1.54) is 6.07 Å². The lowest BCUT2D eigenvalue weighted by Crippen LogP contribution is -2.24. The Morgan fingerprint density at radius 2 is 1.95 bits per heavy atom. The SMILES string of the molecule is O=[N+]([O-])c1cccc2c1NC(c1ccccc1)CO2. The molecule has 0 radical (unpaired) electrons. The lowest BCUT2D eigenvalue weighted by Gasteiger charge is -2.27. The van der Waals surface area contributed by atoms with Gasteiger partial charge in [0.2, 0.25) is 0 Å². The Kier molecular flexibility index (Phi) is 2.79. The van der Waals surface area contributed by atoms with E-state index in [-0.39, 0.29) is 11.7 Å². The number of nitrogens with one attached hydrogen (secondary N) is 1. The smallest absolute Gasteiger partial charge is 0.296 e. The van der Waals surface area contributed by atoms with E-state index < -0.39 is 4.92 Å². The summed E-state index contributed by atoms with van der Waals surface area (Å²) in [6, 6.07) is 14.5. The number of nitro benzene ring substituents is 1. The van der Waals surface area contributed by atoms with Crippen molar-refractivity contribution < 1.29 is 9.66 Å². The van der Waals surface area contributed by atoms with Crippen LogP contribution in [0.1, 0.15) is 11.6 Å². The quantitative estimate of drug-likeness (QED) is 0.662. The molecule has 0 aliphatic carbocycles. The van der Waals surface area contributed by atoms with Crippen LogP contribution in [0.4, 0.5) is 11.4 Å². The van der Waals surface area contributed by atoms with Gasteiger partial charge in [0.05, 0.1) is 11.0 Å². The standard InChI is InChI=1S/C14H12N2O3/c17-16(18)12-7-4-8-13-14(12)15-11(9-19-13)10-5-2-1-3-6-10/h1-8,11,15H,9H2. The van der Waals surface area contributed by atoms with Gasteiger partial charge in [0.15, 0.2) is 5.69 Å². The third-order valence-corrected chi connectivity index (χ3v) is 3.13. The third kappa shape index (κ3) is 2.10. The van der Waals surface area contributed by atoms with Crippen LogP contribution in [0.5, 0.6) is 5.75 Å². The van der Waals surface area contributed by atoms with Crippen molar-refractivity contribution in [1.29, 1.82) is 0 Å². The maximum absolute atomic E-state index is 11.0. The van der Waals surface area contributed by atoms with E-state index >= 15 is 0 Å². The van der Waals surface area contributed by atoms with Crippen LogP contribution in [0.2, 0.25) is 0 Å². The Labute approximate surface area is 110 Å². The number of fused-ring (bicyclic) bond motifs is 1. The number of nitrogens with zero attached hydrogens (tertiary/aromatic N) is 1. The van der Waals surface area contributed by atoms with E-state index in [0.717, 1.165) is 5.56 Å². The molecule has 5 heteroatoms. The Bertz CT molecular complexity index is 613. The Morgan fingerprint density at radius 1 is 1.16 bits per heavy atom. The highest BCUT2D eigenvalue weighted by atomic mass is 16.6. The zero-order chi connectivity index (χ0) is 13.2. The van der Waals surface area contributed by atoms with Gasteiger partial charge in [0.25, 0.3) is 5.69 Å². The van der Waals surface area contributed by atoms with Crippen LogP contribution in [-0.4, -0.2) is 11.5 Å². The summed E-state index contributed by atoms with van der Waals surface area (Å²) in [6.45, 7) is 0.457. The Morgan fingerprint density at radius 3 is 2.68 bits per heavy atom. The van der Waals surface area contributed by atoms with E-state index in [0.29, 0.717) is 18.0 Å². The molecule has 3 rings (SSSR count). The number of rotatable bonds is 2. The molecule has 19 heavy (non-hydrogen) atoms. The van der Waals surface area contributed by atoms with Crippen LogP contribution >= 0.6 is 0 Å². The molecule has 0 spiro atoms. The zero-order valence-electron chi connectivity index (χ0n) is 10.1. The molecule has 0 bridgehead atoms. The summed E-state index contributed by atoms with van der Waals surface area (Å²) in [5, 5.41) is 14.2. The predicted molar refractivity (Wildman–Crippen MR) is 71.4 cm³/mol. The summed E-state index contributed by atoms with van der Waals surface area (Å²) in [6.07, 6.45) is 0. The highest BCUT2D eigenvalue weighted by Crippen LogP contribution is 2.40. The molecule has 0 saturated carbocycles. The third-order valence-electron chi connectivity index (χ3n) is 3.13. The van der Waals surface area contributed by atoms with Gasteiger partial charge < -0.3 is 10.1 Å². The van der Waals surface area contributed by atoms with Gasteiger partial charge in [-0.2, -0.15) is 0 Å². The van der Waals surface area contributed by atoms with Crippen molar-refractivity contribution >= 4 is 11.4 Å². The highest BCUT2D eigenvalue weighted by Gasteiger charge is 2.26. The molecule has 1 unspecified atom stereocenters. The molecule has 1 N–H and O–H groups in total. The summed E-state index contributed by atoms with van der Waals surface area (Å²) in [5.41, 5.74) is 1.54. The molecule has 0 fully saturated rings. The number of hydrogen-bond donors (Lipinski definition) is 1. The second-order valence-electron chi connectivity index (χ2n) is 4.33. The molecular formula is C14H12N2O3. The number of ether oxygens (including phenoxy) is 1. The van der Waals surface area contributed by atoms with Gasteiger partial charge in [0.1, 0.15) is 12.4 Å². The van der Waals surface area contributed by atoms with Gasteiger partial charge in [-0.3, -0.25) is 10.1 Å². The summed E-state index contributed by atoms with van der Waals surface area (Å²) in [7, 11) is 0. The first-order chi connectivity index (χ1) is 9.25. The average molecular weight is 256 g/mol. The number of nitro groups is 1. The van der Waals surface area contributed by atoms with Crippen LogP contribution in [-0.2, 0) is 0 Å². The van der Waals surface area contributed by atoms with Crippen LogP contribution in [0, 0.1) is 10.1 Å². The molecule has 2 aromatic carbocycles. The maximum Gasteiger partial charge on any atom is 0.296 e. The lowest BCUT2D eigenvalue weighted by atomic mass is 10.1. The van der Waals surface area contributed by atoms with Crippen LogP contribution < -0.4 is 10.1 Å². The second kappa shape index (κ2) is 4.61. The van der Waals surface area contributed by atoms with Crippen molar-refractivity contribution in [3.8, 4) is 5.75 Å². The first-order valence-electron chi connectivity index (χ1n) is 5.97. The van der Waals surface area contributed by atoms with Gasteiger partial charge >= 0.3 is 0 Å². The summed E-state index contributed by atoms with van der Waals surface area (Å²) < 4.78 is 5.61. The number of hydrogen-bond acceptors (Lipinski definition) is 4. The minimum Gasteiger partial charge on any atom is -0.489 e. The highest BCUT2D eigenvalue weighted by molar-refractivity contribution is 5.71. The monoisotopic (exact) mass is 256 g/mol. The van der Waals surface area contributed by atoms with Gasteiger partial charge in [-0.1, -0.05) is 36.4 Å². The van der Waals surface area contributed by atoms with Crippen molar-refractivity contribution in [2.75, 3.05) is 11.9 Å². The first-order valence-corrected chi connectivity index (χ1v) is 5.97. The van der Waals surface area contributed by atoms with E-state index in [2.05, 4.69) is 5.32 Å². The van der Waals surface area contributed by atoms with Crippen molar-refractivity contribution in [1.82, 2.24) is 0 Å². The molecule has 0 amide bonds. The predicted octanol–water partition coefficient (Wildman–Crippen LogP) is 3.14. The van der Waals surface area contributed by atoms with Crippen molar-refractivity contribution in [2.45, 2.75) is 6.04 Å². The molecule has 1 aliphatic heterocycles. The summed E-state index contributed by atoms with van der Waals surface area (Å²) >= 11 is 0. The zero-order valence-corrected chi connectivity index (χ0v) is 10.1. The fraction of sp³-hybridized carbons (Fsp3) is 0.143. The van der Waals surface area contributed by atoms with E-state index in [1.54, 1.807) is 12.1 Å². The van der Waals surface area contributed by atoms with E-state index in [1.807, 2.05) is 30.3 Å². The van der Waals surface area contributed by atoms with Crippen molar-refractivity contribution in [3.05, 3.63) is 64.2 Å². The van der Waals surface area contributed by atoms with E-state index in [4.69, 9.17) is 4.74 Å². The summed E-state index contributed by atoms with van der Waals surface area (Å²) in [4.78, 5) is 10.6. The van der Waals surface area contributed by atoms with E-state index in [9.17, 15) is 10.1 Å². The Hall–Kier alpha value is -2.56. The number of para-hydroxylation sites is 1. The largest absolute Gasteiger partial charge is 0.489 e. The molecule has 1 heterocycles. The summed E-state index contributed by atoms with van der Waals surface area (Å²) in [5.74, 6) is 0.529. The molecule has 0 aromatic heterocycles. The second-order valence-corrected chi connectivity index (χ2v) is 4.33. The topological polar surface area (TPSA) is 64.4 Å². The fourth-order valence-electron chi connectivity index (χ4n) is 2.19. The molecule has 96 valence electrons. The number of anilines is 1. The maximum atomic E-state index is 11.0.